The zero-order chi connectivity index (χ0) is 20.3. The molecule has 0 aliphatic carbocycles. The number of nitrogens with zero attached hydrogens (tertiary/aromatic N) is 2. The predicted molar refractivity (Wildman–Crippen MR) is 120 cm³/mol. The van der Waals surface area contributed by atoms with Crippen molar-refractivity contribution in [1.29, 1.82) is 0 Å². The summed E-state index contributed by atoms with van der Waals surface area (Å²) in [7, 11) is 4.06. The molecule has 0 N–H and O–H groups in total. The Balaban J connectivity index is 1.96. The van der Waals surface area contributed by atoms with Crippen molar-refractivity contribution < 1.29 is 4.74 Å². The normalized spacial score (nSPS) is 18.2. The van der Waals surface area contributed by atoms with E-state index < -0.39 is 5.60 Å². The molecule has 4 rings (SSSR count). The molecule has 3 nitrogen and oxygen atoms in total. The largest absolute Gasteiger partial charge is 0.457 e. The molecule has 0 saturated heterocycles. The van der Waals surface area contributed by atoms with E-state index in [0.717, 1.165) is 34.5 Å². The van der Waals surface area contributed by atoms with Gasteiger partial charge in [-0.15, -0.1) is 0 Å². The van der Waals surface area contributed by atoms with Crippen LogP contribution in [0.4, 0.5) is 0 Å². The van der Waals surface area contributed by atoms with Gasteiger partial charge in [-0.1, -0.05) is 97.9 Å². The minimum absolute atomic E-state index is 0.602. The summed E-state index contributed by atoms with van der Waals surface area (Å²) in [5, 5.41) is 0. The Bertz CT molecular complexity index is 983. The first kappa shape index (κ1) is 19.0. The van der Waals surface area contributed by atoms with E-state index in [2.05, 4.69) is 84.6 Å². The van der Waals surface area contributed by atoms with Gasteiger partial charge in [-0.3, -0.25) is 0 Å². The molecule has 0 bridgehead atoms. The summed E-state index contributed by atoms with van der Waals surface area (Å²) in [5.41, 5.74) is 3.71. The molecule has 3 aromatic rings. The fourth-order valence-electron chi connectivity index (χ4n) is 3.94. The molecule has 0 aromatic heterocycles. The van der Waals surface area contributed by atoms with Crippen LogP contribution < -0.4 is 0 Å². The smallest absolute Gasteiger partial charge is 0.225 e. The van der Waals surface area contributed by atoms with E-state index in [1.165, 1.54) is 0 Å². The Hall–Kier alpha value is -3.33. The zero-order valence-electron chi connectivity index (χ0n) is 17.2. The Labute approximate surface area is 173 Å². The van der Waals surface area contributed by atoms with Crippen LogP contribution in [-0.2, 0) is 10.3 Å². The van der Waals surface area contributed by atoms with E-state index >= 15 is 0 Å². The van der Waals surface area contributed by atoms with E-state index in [1.54, 1.807) is 0 Å². The number of amidine groups is 1. The monoisotopic (exact) mass is 382 g/mol. The maximum atomic E-state index is 6.76. The molecule has 1 heterocycles. The molecule has 0 radical (unpaired) electrons. The Kier molecular flexibility index (Phi) is 5.22. The average molecular weight is 383 g/mol. The fourth-order valence-corrected chi connectivity index (χ4v) is 3.94. The van der Waals surface area contributed by atoms with Gasteiger partial charge in [0, 0.05) is 19.7 Å². The number of hydrogen-bond donors (Lipinski definition) is 0. The number of aliphatic imine (C=N–C) groups is 1. The van der Waals surface area contributed by atoms with Gasteiger partial charge in [0.25, 0.3) is 0 Å². The van der Waals surface area contributed by atoms with Crippen LogP contribution >= 0.6 is 0 Å². The van der Waals surface area contributed by atoms with Crippen molar-refractivity contribution in [2.24, 2.45) is 4.99 Å². The number of hydrogen-bond acceptors (Lipinski definition) is 3. The first-order valence-electron chi connectivity index (χ1n) is 10.0. The molecule has 29 heavy (non-hydrogen) atoms. The lowest BCUT2D eigenvalue weighted by Gasteiger charge is -2.32. The molecule has 1 unspecified atom stereocenters. The maximum Gasteiger partial charge on any atom is 0.225 e. The van der Waals surface area contributed by atoms with Gasteiger partial charge in [-0.2, -0.15) is 4.99 Å². The number of ether oxygens (including phenoxy) is 1. The van der Waals surface area contributed by atoms with Crippen LogP contribution in [-0.4, -0.2) is 24.8 Å². The van der Waals surface area contributed by atoms with Gasteiger partial charge in [0.1, 0.15) is 0 Å². The molecule has 0 amide bonds. The molecular weight excluding hydrogens is 356 g/mol. The second-order valence-electron chi connectivity index (χ2n) is 7.39. The molecule has 0 fully saturated rings. The molecule has 3 heteroatoms. The summed E-state index contributed by atoms with van der Waals surface area (Å²) in [6.07, 6.45) is 0.786. The Morgan fingerprint density at radius 1 is 0.793 bits per heavy atom. The molecule has 3 aromatic carbocycles. The predicted octanol–water partition coefficient (Wildman–Crippen LogP) is 5.70. The van der Waals surface area contributed by atoms with E-state index in [4.69, 9.17) is 9.73 Å². The maximum absolute atomic E-state index is 6.76. The fraction of sp³-hybridized carbons (Fsp3) is 0.192. The van der Waals surface area contributed by atoms with Crippen molar-refractivity contribution in [2.45, 2.75) is 18.9 Å². The lowest BCUT2D eigenvalue weighted by molar-refractivity contribution is 0.0679. The lowest BCUT2D eigenvalue weighted by atomic mass is 9.89. The summed E-state index contributed by atoms with van der Waals surface area (Å²) in [4.78, 5) is 7.11. The molecular formula is C26H26N2O. The van der Waals surface area contributed by atoms with Gasteiger partial charge >= 0.3 is 0 Å². The van der Waals surface area contributed by atoms with Gasteiger partial charge < -0.3 is 9.64 Å². The summed E-state index contributed by atoms with van der Waals surface area (Å²) >= 11 is 0. The molecule has 1 aliphatic heterocycles. The van der Waals surface area contributed by atoms with Crippen molar-refractivity contribution >= 4 is 11.4 Å². The molecule has 146 valence electrons. The minimum Gasteiger partial charge on any atom is -0.457 e. The summed E-state index contributed by atoms with van der Waals surface area (Å²) in [5.74, 6) is 1.59. The third-order valence-corrected chi connectivity index (χ3v) is 5.34. The van der Waals surface area contributed by atoms with Crippen LogP contribution in [0.3, 0.4) is 0 Å². The topological polar surface area (TPSA) is 24.8 Å². The van der Waals surface area contributed by atoms with Crippen LogP contribution in [0.1, 0.15) is 30.0 Å². The van der Waals surface area contributed by atoms with Crippen molar-refractivity contribution in [1.82, 2.24) is 4.90 Å². The highest BCUT2D eigenvalue weighted by Crippen LogP contribution is 2.43. The zero-order valence-corrected chi connectivity index (χ0v) is 17.2. The van der Waals surface area contributed by atoms with Crippen molar-refractivity contribution in [3.63, 3.8) is 0 Å². The van der Waals surface area contributed by atoms with E-state index in [1.807, 2.05) is 32.3 Å². The SMILES string of the molecule is CCC1(c2ccccc2)OC(=C(c2ccccc2)c2ccccc2)N=C1N(C)C. The second kappa shape index (κ2) is 7.96. The van der Waals surface area contributed by atoms with Crippen LogP contribution in [0.5, 0.6) is 0 Å². The van der Waals surface area contributed by atoms with E-state index in [9.17, 15) is 0 Å². The molecule has 0 spiro atoms. The quantitative estimate of drug-likeness (QED) is 0.578. The standard InChI is InChI=1S/C26H26N2O/c1-4-26(22-18-12-7-13-19-22)25(28(2)3)27-24(29-26)23(20-14-8-5-9-15-20)21-16-10-6-11-17-21/h5-19H,4H2,1-3H3. The lowest BCUT2D eigenvalue weighted by Crippen LogP contribution is -2.42. The summed E-state index contributed by atoms with van der Waals surface area (Å²) in [6, 6.07) is 31.1. The van der Waals surface area contributed by atoms with Crippen LogP contribution in [0.2, 0.25) is 0 Å². The minimum atomic E-state index is -0.602. The summed E-state index contributed by atoms with van der Waals surface area (Å²) in [6.45, 7) is 2.15. The van der Waals surface area contributed by atoms with Gasteiger partial charge in [-0.05, 0) is 17.5 Å². The molecule has 1 atom stereocenters. The number of likely N-dealkylation sites (N-methyl/N-ethyl adjacent to an activating group) is 1. The highest BCUT2D eigenvalue weighted by Gasteiger charge is 2.46. The average Bonchev–Trinajstić information content (AvgIpc) is 3.17. The first-order chi connectivity index (χ1) is 14.2. The number of benzene rings is 3. The van der Waals surface area contributed by atoms with Gasteiger partial charge in [-0.25, -0.2) is 0 Å². The van der Waals surface area contributed by atoms with E-state index in [-0.39, 0.29) is 0 Å². The first-order valence-corrected chi connectivity index (χ1v) is 10.0. The van der Waals surface area contributed by atoms with Crippen molar-refractivity contribution in [3.05, 3.63) is 114 Å². The van der Waals surface area contributed by atoms with Crippen LogP contribution in [0.15, 0.2) is 102 Å². The van der Waals surface area contributed by atoms with Crippen molar-refractivity contribution in [2.75, 3.05) is 14.1 Å². The van der Waals surface area contributed by atoms with Gasteiger partial charge in [0.15, 0.2) is 11.4 Å². The van der Waals surface area contributed by atoms with Crippen molar-refractivity contribution in [3.8, 4) is 0 Å². The second-order valence-corrected chi connectivity index (χ2v) is 7.39. The number of rotatable bonds is 4. The van der Waals surface area contributed by atoms with Gasteiger partial charge in [0.05, 0.1) is 5.57 Å². The van der Waals surface area contributed by atoms with Gasteiger partial charge in [0.2, 0.25) is 5.88 Å². The third-order valence-electron chi connectivity index (χ3n) is 5.34. The summed E-state index contributed by atoms with van der Waals surface area (Å²) < 4.78 is 6.76. The third kappa shape index (κ3) is 3.44. The molecule has 1 aliphatic rings. The Morgan fingerprint density at radius 3 is 1.72 bits per heavy atom. The highest BCUT2D eigenvalue weighted by molar-refractivity contribution is 5.96. The van der Waals surface area contributed by atoms with Crippen LogP contribution in [0, 0.1) is 0 Å². The van der Waals surface area contributed by atoms with E-state index in [0.29, 0.717) is 5.88 Å². The molecule has 0 saturated carbocycles. The Morgan fingerprint density at radius 2 is 1.28 bits per heavy atom. The van der Waals surface area contributed by atoms with Crippen LogP contribution in [0.25, 0.3) is 5.57 Å². The highest BCUT2D eigenvalue weighted by atomic mass is 16.5.